The molecule has 0 aliphatic carbocycles. The highest BCUT2D eigenvalue weighted by Gasteiger charge is 2.34. The molecule has 1 radical (unpaired) electrons. The van der Waals surface area contributed by atoms with Crippen LogP contribution >= 0.6 is 11.6 Å². The van der Waals surface area contributed by atoms with Gasteiger partial charge in [0.2, 0.25) is 5.95 Å². The van der Waals surface area contributed by atoms with E-state index in [1.165, 1.54) is 5.92 Å². The number of rotatable bonds is 9. The first-order chi connectivity index (χ1) is 12.8. The zero-order chi connectivity index (χ0) is 19.9. The zero-order valence-electron chi connectivity index (χ0n) is 14.9. The first kappa shape index (κ1) is 21.4. The van der Waals surface area contributed by atoms with E-state index in [0.29, 0.717) is 25.1 Å². The van der Waals surface area contributed by atoms with Gasteiger partial charge in [-0.25, -0.2) is 9.97 Å². The zero-order valence-corrected chi connectivity index (χ0v) is 15.7. The van der Waals surface area contributed by atoms with Crippen LogP contribution in [-0.4, -0.2) is 37.4 Å². The minimum atomic E-state index is -4.59. The first-order valence-electron chi connectivity index (χ1n) is 8.15. The Kier molecular flexibility index (Phi) is 7.82. The molecule has 1 heterocycles. The number of methoxy groups -OCH3 is 2. The summed E-state index contributed by atoms with van der Waals surface area (Å²) in [6.07, 6.45) is -2.37. The molecule has 0 unspecified atom stereocenters. The highest BCUT2D eigenvalue weighted by Crippen LogP contribution is 2.33. The third kappa shape index (κ3) is 6.34. The van der Waals surface area contributed by atoms with Crippen LogP contribution in [0.2, 0.25) is 5.15 Å². The number of hydrogen-bond acceptors (Lipinski definition) is 5. The van der Waals surface area contributed by atoms with Crippen molar-refractivity contribution in [3.8, 4) is 0 Å². The number of ether oxygens (including phenoxy) is 2. The second kappa shape index (κ2) is 9.87. The monoisotopic (exact) mass is 402 g/mol. The molecule has 0 aliphatic heterocycles. The molecule has 9 heteroatoms. The number of benzene rings is 1. The van der Waals surface area contributed by atoms with Gasteiger partial charge in [0.1, 0.15) is 10.7 Å². The molecule has 5 nitrogen and oxygen atoms in total. The van der Waals surface area contributed by atoms with E-state index < -0.39 is 16.9 Å². The van der Waals surface area contributed by atoms with Crippen molar-refractivity contribution >= 4 is 23.2 Å². The Morgan fingerprint density at radius 1 is 1.07 bits per heavy atom. The second-order valence-electron chi connectivity index (χ2n) is 5.69. The highest BCUT2D eigenvalue weighted by molar-refractivity contribution is 6.30. The fourth-order valence-electron chi connectivity index (χ4n) is 2.39. The normalized spacial score (nSPS) is 11.8. The van der Waals surface area contributed by atoms with Gasteiger partial charge in [0.05, 0.1) is 0 Å². The molecule has 147 valence electrons. The summed E-state index contributed by atoms with van der Waals surface area (Å²) in [6.45, 7) is 1.22. The van der Waals surface area contributed by atoms with Gasteiger partial charge < -0.3 is 14.8 Å². The van der Waals surface area contributed by atoms with Gasteiger partial charge in [0.25, 0.3) is 0 Å². The topological polar surface area (TPSA) is 56.3 Å². The minimum absolute atomic E-state index is 0.0104. The van der Waals surface area contributed by atoms with Crippen LogP contribution in [0.1, 0.15) is 24.0 Å². The summed E-state index contributed by atoms with van der Waals surface area (Å²) in [6, 6.07) is 7.41. The first-order valence-corrected chi connectivity index (χ1v) is 8.52. The maximum Gasteiger partial charge on any atom is 0.420 e. The molecule has 0 spiro atoms. The summed E-state index contributed by atoms with van der Waals surface area (Å²) in [5.74, 6) is 1.18. The van der Waals surface area contributed by atoms with Gasteiger partial charge in [-0.1, -0.05) is 23.7 Å². The van der Waals surface area contributed by atoms with Gasteiger partial charge in [-0.3, -0.25) is 0 Å². The lowest BCUT2D eigenvalue weighted by molar-refractivity contribution is -0.137. The van der Waals surface area contributed by atoms with Gasteiger partial charge >= 0.3 is 6.18 Å². The summed E-state index contributed by atoms with van der Waals surface area (Å²) in [5.41, 5.74) is 0.606. The van der Waals surface area contributed by atoms with Gasteiger partial charge in [0.15, 0.2) is 0 Å². The van der Waals surface area contributed by atoms with Crippen LogP contribution in [-0.2, 0) is 15.7 Å². The van der Waals surface area contributed by atoms with Crippen molar-refractivity contribution in [1.29, 1.82) is 0 Å². The van der Waals surface area contributed by atoms with E-state index in [1.807, 2.05) is 12.1 Å². The molecule has 2 aromatic rings. The largest absolute Gasteiger partial charge is 0.420 e. The quantitative estimate of drug-likeness (QED) is 0.605. The maximum atomic E-state index is 12.7. The molecule has 1 N–H and O–H groups in total. The fourth-order valence-corrected chi connectivity index (χ4v) is 2.63. The standard InChI is InChI=1S/C18H20ClF3N3O2/c1-26-9-7-13(8-10-27-2)12-3-5-14(6-4-12)24-17-23-11-15(16(19)25-17)18(20,21)22/h3-6,11H,7-10H2,1-2H3,(H,23,24,25). The van der Waals surface area contributed by atoms with Crippen LogP contribution in [0.15, 0.2) is 30.5 Å². The molecule has 0 saturated heterocycles. The number of nitrogens with zero attached hydrogens (tertiary/aromatic N) is 2. The predicted octanol–water partition coefficient (Wildman–Crippen LogP) is 4.89. The van der Waals surface area contributed by atoms with Gasteiger partial charge in [-0.2, -0.15) is 13.2 Å². The molecule has 0 aliphatic rings. The Labute approximate surface area is 160 Å². The van der Waals surface area contributed by atoms with Crippen LogP contribution in [0.3, 0.4) is 0 Å². The maximum absolute atomic E-state index is 12.7. The van der Waals surface area contributed by atoms with Crippen LogP contribution < -0.4 is 5.32 Å². The summed E-state index contributed by atoms with van der Waals surface area (Å²) in [4.78, 5) is 7.33. The van der Waals surface area contributed by atoms with Crippen molar-refractivity contribution in [2.45, 2.75) is 19.0 Å². The van der Waals surface area contributed by atoms with Crippen LogP contribution in [0, 0.1) is 5.92 Å². The molecule has 2 rings (SSSR count). The Hall–Kier alpha value is -1.90. The van der Waals surface area contributed by atoms with Crippen LogP contribution in [0.5, 0.6) is 0 Å². The summed E-state index contributed by atoms with van der Waals surface area (Å²) in [5, 5.41) is 2.20. The smallest absolute Gasteiger partial charge is 0.385 e. The molecule has 1 aromatic heterocycles. The average Bonchev–Trinajstić information content (AvgIpc) is 2.62. The number of hydrogen-bond donors (Lipinski definition) is 1. The summed E-state index contributed by atoms with van der Waals surface area (Å²) in [7, 11) is 3.30. The van der Waals surface area contributed by atoms with Crippen molar-refractivity contribution < 1.29 is 22.6 Å². The number of aromatic nitrogens is 2. The molecule has 0 saturated carbocycles. The van der Waals surface area contributed by atoms with E-state index in [2.05, 4.69) is 15.3 Å². The lowest BCUT2D eigenvalue weighted by atomic mass is 9.93. The van der Waals surface area contributed by atoms with Crippen LogP contribution in [0.25, 0.3) is 0 Å². The summed E-state index contributed by atoms with van der Waals surface area (Å²) >= 11 is 5.61. The van der Waals surface area contributed by atoms with Crippen molar-refractivity contribution in [2.75, 3.05) is 32.8 Å². The summed E-state index contributed by atoms with van der Waals surface area (Å²) < 4.78 is 48.4. The molecule has 0 atom stereocenters. The molecule has 27 heavy (non-hydrogen) atoms. The Morgan fingerprint density at radius 3 is 2.15 bits per heavy atom. The van der Waals surface area contributed by atoms with E-state index in [9.17, 15) is 13.2 Å². The SMILES string of the molecule is COCC[C](CCOC)c1ccc(Nc2ncc(C(F)(F)F)c(Cl)n2)cc1. The number of anilines is 2. The lowest BCUT2D eigenvalue weighted by Gasteiger charge is -2.16. The van der Waals surface area contributed by atoms with Gasteiger partial charge in [-0.05, 0) is 30.5 Å². The van der Waals surface area contributed by atoms with E-state index in [4.69, 9.17) is 21.1 Å². The minimum Gasteiger partial charge on any atom is -0.385 e. The van der Waals surface area contributed by atoms with Gasteiger partial charge in [-0.15, -0.1) is 0 Å². The van der Waals surface area contributed by atoms with E-state index >= 15 is 0 Å². The predicted molar refractivity (Wildman–Crippen MR) is 97.1 cm³/mol. The Morgan fingerprint density at radius 2 is 1.67 bits per heavy atom. The molecule has 1 aromatic carbocycles. The Bertz CT molecular complexity index is 719. The molecule has 0 amide bonds. The number of alkyl halides is 3. The number of halogens is 4. The second-order valence-corrected chi connectivity index (χ2v) is 6.05. The molecule has 0 bridgehead atoms. The van der Waals surface area contributed by atoms with Crippen molar-refractivity contribution in [3.05, 3.63) is 52.7 Å². The molecule has 0 fully saturated rings. The van der Waals surface area contributed by atoms with E-state index in [1.54, 1.807) is 26.4 Å². The average molecular weight is 403 g/mol. The van der Waals surface area contributed by atoms with E-state index in [0.717, 1.165) is 18.4 Å². The fraction of sp³-hybridized carbons (Fsp3) is 0.389. The number of nitrogens with one attached hydrogen (secondary N) is 1. The Balaban J connectivity index is 2.09. The van der Waals surface area contributed by atoms with Crippen molar-refractivity contribution in [1.82, 2.24) is 9.97 Å². The van der Waals surface area contributed by atoms with Crippen molar-refractivity contribution in [3.63, 3.8) is 0 Å². The highest BCUT2D eigenvalue weighted by atomic mass is 35.5. The lowest BCUT2D eigenvalue weighted by Crippen LogP contribution is -2.09. The third-order valence-electron chi connectivity index (χ3n) is 3.81. The van der Waals surface area contributed by atoms with Gasteiger partial charge in [0, 0.05) is 45.2 Å². The van der Waals surface area contributed by atoms with Crippen LogP contribution in [0.4, 0.5) is 24.8 Å². The van der Waals surface area contributed by atoms with Crippen molar-refractivity contribution in [2.24, 2.45) is 0 Å². The molecular weight excluding hydrogens is 383 g/mol. The third-order valence-corrected chi connectivity index (χ3v) is 4.10. The molecular formula is C18H20ClF3N3O2. The van der Waals surface area contributed by atoms with E-state index in [-0.39, 0.29) is 5.95 Å².